The zero-order valence-corrected chi connectivity index (χ0v) is 21.6. The molecule has 2 N–H and O–H groups in total. The van der Waals surface area contributed by atoms with Crippen molar-refractivity contribution < 1.29 is 9.47 Å². The minimum absolute atomic E-state index is 0.0527. The summed E-state index contributed by atoms with van der Waals surface area (Å²) in [6.07, 6.45) is 8.23. The smallest absolute Gasteiger partial charge is 0.155 e. The van der Waals surface area contributed by atoms with Crippen molar-refractivity contribution in [2.45, 2.75) is 52.5 Å². The van der Waals surface area contributed by atoms with Gasteiger partial charge in [-0.15, -0.1) is 0 Å². The number of nitrogens with zero attached hydrogens (tertiary/aromatic N) is 3. The van der Waals surface area contributed by atoms with Crippen molar-refractivity contribution in [3.05, 3.63) is 65.7 Å². The number of thioether (sulfide) groups is 1. The summed E-state index contributed by atoms with van der Waals surface area (Å²) in [5.41, 5.74) is 11.0. The molecule has 6 nitrogen and oxygen atoms in total. The van der Waals surface area contributed by atoms with Crippen molar-refractivity contribution in [1.29, 1.82) is 0 Å². The molecule has 1 spiro atoms. The summed E-state index contributed by atoms with van der Waals surface area (Å²) < 4.78 is 12.9. The van der Waals surface area contributed by atoms with Crippen LogP contribution in [0.25, 0.3) is 11.1 Å². The van der Waals surface area contributed by atoms with Crippen LogP contribution in [0.3, 0.4) is 0 Å². The van der Waals surface area contributed by atoms with Crippen LogP contribution in [0.15, 0.2) is 54.0 Å². The van der Waals surface area contributed by atoms with Crippen molar-refractivity contribution >= 4 is 16.9 Å². The summed E-state index contributed by atoms with van der Waals surface area (Å²) in [6, 6.07) is 10.3. The van der Waals surface area contributed by atoms with Crippen LogP contribution in [-0.4, -0.2) is 27.5 Å². The van der Waals surface area contributed by atoms with Crippen molar-refractivity contribution in [3.63, 3.8) is 0 Å². The van der Waals surface area contributed by atoms with Gasteiger partial charge in [-0.1, -0.05) is 51.9 Å². The Kier molecular flexibility index (Phi) is 6.21. The van der Waals surface area contributed by atoms with Gasteiger partial charge in [0.05, 0.1) is 6.61 Å². The Morgan fingerprint density at radius 2 is 1.86 bits per heavy atom. The Labute approximate surface area is 211 Å². The monoisotopic (exact) mass is 488 g/mol. The number of benzene rings is 2. The number of fused-ring (bicyclic) bond motifs is 4. The first-order valence-corrected chi connectivity index (χ1v) is 13.1. The average molecular weight is 489 g/mol. The average Bonchev–Trinajstić information content (AvgIpc) is 3.23. The predicted molar refractivity (Wildman–Crippen MR) is 142 cm³/mol. The molecule has 35 heavy (non-hydrogen) atoms. The fourth-order valence-electron chi connectivity index (χ4n) is 4.70. The molecule has 0 saturated heterocycles. The number of rotatable bonds is 6. The van der Waals surface area contributed by atoms with Crippen molar-refractivity contribution in [1.82, 2.24) is 9.97 Å². The second kappa shape index (κ2) is 9.19. The summed E-state index contributed by atoms with van der Waals surface area (Å²) in [6.45, 7) is 9.40. The van der Waals surface area contributed by atoms with Crippen LogP contribution in [0.2, 0.25) is 0 Å². The van der Waals surface area contributed by atoms with Crippen LogP contribution in [0.1, 0.15) is 57.2 Å². The Morgan fingerprint density at radius 3 is 2.54 bits per heavy atom. The van der Waals surface area contributed by atoms with Gasteiger partial charge in [0.15, 0.2) is 5.17 Å². The lowest BCUT2D eigenvalue weighted by atomic mass is 9.77. The topological polar surface area (TPSA) is 82.6 Å². The third kappa shape index (κ3) is 4.49. The van der Waals surface area contributed by atoms with Gasteiger partial charge < -0.3 is 15.2 Å². The van der Waals surface area contributed by atoms with E-state index >= 15 is 0 Å². The molecule has 1 atom stereocenters. The van der Waals surface area contributed by atoms with E-state index in [2.05, 4.69) is 49.8 Å². The number of hydrogen-bond donors (Lipinski definition) is 1. The minimum Gasteiger partial charge on any atom is -0.493 e. The number of amidine groups is 1. The van der Waals surface area contributed by atoms with Crippen LogP contribution >= 0.6 is 11.8 Å². The highest BCUT2D eigenvalue weighted by Gasteiger charge is 2.48. The third-order valence-corrected chi connectivity index (χ3v) is 7.30. The molecule has 182 valence electrons. The van der Waals surface area contributed by atoms with E-state index in [1.807, 2.05) is 30.6 Å². The molecule has 2 aliphatic heterocycles. The van der Waals surface area contributed by atoms with E-state index in [1.165, 1.54) is 5.56 Å². The maximum Gasteiger partial charge on any atom is 0.155 e. The maximum atomic E-state index is 6.51. The zero-order valence-electron chi connectivity index (χ0n) is 20.8. The fraction of sp³-hybridized carbons (Fsp3) is 0.393. The van der Waals surface area contributed by atoms with Gasteiger partial charge in [-0.2, -0.15) is 0 Å². The lowest BCUT2D eigenvalue weighted by Gasteiger charge is -2.37. The molecule has 0 amide bonds. The second-order valence-corrected chi connectivity index (χ2v) is 11.4. The molecule has 3 heterocycles. The summed E-state index contributed by atoms with van der Waals surface area (Å²) >= 11 is 1.59. The molecule has 3 aromatic rings. The number of nitrogens with two attached hydrogens (primary N) is 1. The van der Waals surface area contributed by atoms with E-state index in [1.54, 1.807) is 18.1 Å². The van der Waals surface area contributed by atoms with E-state index in [4.69, 9.17) is 20.2 Å². The van der Waals surface area contributed by atoms with Crippen LogP contribution in [0.4, 0.5) is 0 Å². The lowest BCUT2D eigenvalue weighted by Crippen LogP contribution is -2.32. The maximum absolute atomic E-state index is 6.51. The van der Waals surface area contributed by atoms with E-state index in [0.29, 0.717) is 11.8 Å². The number of aliphatic imine (C=N–C) groups is 1. The molecular formula is C28H32N4O2S. The van der Waals surface area contributed by atoms with Gasteiger partial charge in [0, 0.05) is 40.4 Å². The molecule has 0 fully saturated rings. The van der Waals surface area contributed by atoms with Gasteiger partial charge >= 0.3 is 0 Å². The Bertz CT molecular complexity index is 1270. The third-order valence-electron chi connectivity index (χ3n) is 6.36. The Hall–Kier alpha value is -3.06. The molecule has 7 heteroatoms. The standard InChI is InChI=1S/C28H32N4O2S/c1-5-6-7-20-22(33-15-27(2,3)4)10-11-24-25(20)28(16-35-26(29)32-28)21-12-18(8-9-23(21)34-24)19-13-30-17-31-14-19/h8-14,17H,5-7,15-16H2,1-4H3,(H2,29,32). The first kappa shape index (κ1) is 23.7. The first-order chi connectivity index (χ1) is 16.8. The largest absolute Gasteiger partial charge is 0.493 e. The summed E-state index contributed by atoms with van der Waals surface area (Å²) in [4.78, 5) is 13.5. The first-order valence-electron chi connectivity index (χ1n) is 12.2. The Morgan fingerprint density at radius 1 is 1.09 bits per heavy atom. The number of hydrogen-bond acceptors (Lipinski definition) is 7. The number of aromatic nitrogens is 2. The van der Waals surface area contributed by atoms with Crippen LogP contribution < -0.4 is 15.2 Å². The van der Waals surface area contributed by atoms with E-state index < -0.39 is 5.54 Å². The number of ether oxygens (including phenoxy) is 2. The van der Waals surface area contributed by atoms with E-state index in [-0.39, 0.29) is 5.41 Å². The zero-order chi connectivity index (χ0) is 24.6. The molecule has 0 bridgehead atoms. The van der Waals surface area contributed by atoms with Gasteiger partial charge in [-0.25, -0.2) is 15.0 Å². The van der Waals surface area contributed by atoms with Crippen molar-refractivity contribution in [3.8, 4) is 28.4 Å². The summed E-state index contributed by atoms with van der Waals surface area (Å²) in [7, 11) is 0. The Balaban J connectivity index is 1.70. The molecule has 0 aliphatic carbocycles. The molecule has 1 aromatic heterocycles. The fourth-order valence-corrected chi connectivity index (χ4v) is 5.64. The summed E-state index contributed by atoms with van der Waals surface area (Å²) in [5.74, 6) is 3.28. The highest BCUT2D eigenvalue weighted by Crippen LogP contribution is 2.56. The predicted octanol–water partition coefficient (Wildman–Crippen LogP) is 6.32. The molecule has 5 rings (SSSR count). The van der Waals surface area contributed by atoms with Crippen LogP contribution in [0.5, 0.6) is 17.2 Å². The van der Waals surface area contributed by atoms with Crippen LogP contribution in [0, 0.1) is 5.41 Å². The van der Waals surface area contributed by atoms with E-state index in [0.717, 1.165) is 64.5 Å². The highest BCUT2D eigenvalue weighted by molar-refractivity contribution is 8.14. The summed E-state index contributed by atoms with van der Waals surface area (Å²) in [5, 5.41) is 0.597. The normalized spacial score (nSPS) is 18.6. The molecule has 2 aromatic carbocycles. The quantitative estimate of drug-likeness (QED) is 0.437. The molecular weight excluding hydrogens is 456 g/mol. The van der Waals surface area contributed by atoms with Crippen LogP contribution in [-0.2, 0) is 12.0 Å². The molecule has 0 radical (unpaired) electrons. The molecule has 1 unspecified atom stereocenters. The lowest BCUT2D eigenvalue weighted by molar-refractivity contribution is 0.195. The van der Waals surface area contributed by atoms with Crippen molar-refractivity contribution in [2.24, 2.45) is 16.1 Å². The van der Waals surface area contributed by atoms with Gasteiger partial charge in [0.1, 0.15) is 29.1 Å². The van der Waals surface area contributed by atoms with Gasteiger partial charge in [0.25, 0.3) is 0 Å². The second-order valence-electron chi connectivity index (χ2n) is 10.4. The molecule has 2 aliphatic rings. The SMILES string of the molecule is CCCCc1c(OCC(C)(C)C)ccc2c1C1(CSC(N)=N1)c1cc(-c3cncnc3)ccc1O2. The highest BCUT2D eigenvalue weighted by atomic mass is 32.2. The number of unbranched alkanes of at least 4 members (excludes halogenated alkanes) is 1. The van der Waals surface area contributed by atoms with Gasteiger partial charge in [0.2, 0.25) is 0 Å². The van der Waals surface area contributed by atoms with Gasteiger partial charge in [-0.3, -0.25) is 0 Å². The minimum atomic E-state index is -0.631. The molecule has 0 saturated carbocycles. The van der Waals surface area contributed by atoms with Gasteiger partial charge in [-0.05, 0) is 48.1 Å². The van der Waals surface area contributed by atoms with Crippen molar-refractivity contribution in [2.75, 3.05) is 12.4 Å². The van der Waals surface area contributed by atoms with E-state index in [9.17, 15) is 0 Å².